The van der Waals surface area contributed by atoms with E-state index in [-0.39, 0.29) is 5.41 Å². The Labute approximate surface area is 132 Å². The third-order valence-electron chi connectivity index (χ3n) is 5.44. The summed E-state index contributed by atoms with van der Waals surface area (Å²) in [5, 5.41) is 0. The minimum Gasteiger partial charge on any atom is -0.496 e. The number of allylic oxidation sites excluding steroid dienone is 1. The Morgan fingerprint density at radius 2 is 1.68 bits per heavy atom. The number of nitrogens with zero attached hydrogens (tertiary/aromatic N) is 1. The van der Waals surface area contributed by atoms with Crippen molar-refractivity contribution in [2.24, 2.45) is 0 Å². The lowest BCUT2D eigenvalue weighted by atomic mass is 9.92. The van der Waals surface area contributed by atoms with Crippen LogP contribution in [0.5, 0.6) is 5.75 Å². The van der Waals surface area contributed by atoms with Crippen LogP contribution in [0.1, 0.15) is 44.1 Å². The van der Waals surface area contributed by atoms with Crippen molar-refractivity contribution in [1.82, 2.24) is 4.90 Å². The molecule has 4 rings (SSSR count). The molecule has 3 heteroatoms. The maximum atomic E-state index is 13.1. The molecule has 0 unspecified atom stereocenters. The number of carbonyl (C=O) groups excluding carboxylic acids is 1. The molecular formula is C19H23NO2. The van der Waals surface area contributed by atoms with Crippen LogP contribution in [0, 0.1) is 0 Å². The minimum absolute atomic E-state index is 0.309. The minimum atomic E-state index is -0.309. The number of para-hydroxylation sites is 1. The lowest BCUT2D eigenvalue weighted by molar-refractivity contribution is -0.134. The zero-order valence-corrected chi connectivity index (χ0v) is 13.2. The average Bonchev–Trinajstić information content (AvgIpc) is 3.48. The molecule has 1 aliphatic heterocycles. The maximum absolute atomic E-state index is 13.1. The van der Waals surface area contributed by atoms with Crippen LogP contribution in [0.15, 0.2) is 35.4 Å². The quantitative estimate of drug-likeness (QED) is 0.800. The third kappa shape index (κ3) is 2.23. The summed E-state index contributed by atoms with van der Waals surface area (Å²) in [6.45, 7) is 1.79. The molecule has 0 spiro atoms. The molecule has 2 aliphatic carbocycles. The fourth-order valence-corrected chi connectivity index (χ4v) is 3.82. The van der Waals surface area contributed by atoms with Crippen LogP contribution in [-0.2, 0) is 10.2 Å². The fourth-order valence-electron chi connectivity index (χ4n) is 3.82. The van der Waals surface area contributed by atoms with Crippen LogP contribution < -0.4 is 4.74 Å². The Kier molecular flexibility index (Phi) is 3.24. The van der Waals surface area contributed by atoms with E-state index in [0.29, 0.717) is 5.91 Å². The average molecular weight is 297 g/mol. The lowest BCUT2D eigenvalue weighted by Gasteiger charge is -2.32. The van der Waals surface area contributed by atoms with Gasteiger partial charge >= 0.3 is 0 Å². The molecule has 3 fully saturated rings. The zero-order valence-electron chi connectivity index (χ0n) is 13.2. The smallest absolute Gasteiger partial charge is 0.233 e. The standard InChI is InChI=1S/C19H23NO2/c1-22-17-5-3-2-4-16(17)19(10-11-19)18(21)20-12-8-15(9-13-20)14-6-7-14/h2-5H,6-13H2,1H3. The second kappa shape index (κ2) is 5.15. The van der Waals surface area contributed by atoms with Crippen molar-refractivity contribution in [2.75, 3.05) is 20.2 Å². The van der Waals surface area contributed by atoms with Crippen molar-refractivity contribution < 1.29 is 9.53 Å². The van der Waals surface area contributed by atoms with Crippen LogP contribution in [0.25, 0.3) is 0 Å². The first kappa shape index (κ1) is 13.9. The summed E-state index contributed by atoms with van der Waals surface area (Å²) in [4.78, 5) is 15.2. The van der Waals surface area contributed by atoms with Crippen molar-refractivity contribution in [3.05, 3.63) is 41.0 Å². The van der Waals surface area contributed by atoms with Gasteiger partial charge in [0, 0.05) is 18.7 Å². The highest BCUT2D eigenvalue weighted by Crippen LogP contribution is 2.52. The van der Waals surface area contributed by atoms with Crippen molar-refractivity contribution >= 4 is 5.91 Å². The normalized spacial score (nSPS) is 22.5. The van der Waals surface area contributed by atoms with E-state index in [2.05, 4.69) is 11.0 Å². The molecule has 0 radical (unpaired) electrons. The van der Waals surface area contributed by atoms with Crippen LogP contribution in [0.2, 0.25) is 0 Å². The molecule has 22 heavy (non-hydrogen) atoms. The molecular weight excluding hydrogens is 274 g/mol. The molecule has 3 aliphatic rings. The molecule has 116 valence electrons. The second-order valence-corrected chi connectivity index (χ2v) is 6.78. The van der Waals surface area contributed by atoms with Gasteiger partial charge in [-0.2, -0.15) is 0 Å². The van der Waals surface area contributed by atoms with Gasteiger partial charge in [-0.25, -0.2) is 0 Å². The van der Waals surface area contributed by atoms with Gasteiger partial charge in [-0.05, 0) is 44.6 Å². The first-order valence-corrected chi connectivity index (χ1v) is 8.37. The number of rotatable bonds is 3. The Morgan fingerprint density at radius 3 is 2.27 bits per heavy atom. The number of piperidine rings is 1. The fraction of sp³-hybridized carbons (Fsp3) is 0.526. The van der Waals surface area contributed by atoms with Gasteiger partial charge in [-0.3, -0.25) is 4.79 Å². The first-order valence-electron chi connectivity index (χ1n) is 8.37. The van der Waals surface area contributed by atoms with E-state index in [0.717, 1.165) is 50.1 Å². The van der Waals surface area contributed by atoms with E-state index < -0.39 is 0 Å². The summed E-state index contributed by atoms with van der Waals surface area (Å²) in [7, 11) is 1.69. The Morgan fingerprint density at radius 1 is 1.05 bits per heavy atom. The van der Waals surface area contributed by atoms with Crippen LogP contribution in [0.4, 0.5) is 0 Å². The number of methoxy groups -OCH3 is 1. The molecule has 2 saturated carbocycles. The summed E-state index contributed by atoms with van der Waals surface area (Å²) < 4.78 is 5.49. The monoisotopic (exact) mass is 297 g/mol. The Balaban J connectivity index is 1.54. The predicted molar refractivity (Wildman–Crippen MR) is 86.0 cm³/mol. The van der Waals surface area contributed by atoms with Gasteiger partial charge in [-0.15, -0.1) is 0 Å². The van der Waals surface area contributed by atoms with E-state index >= 15 is 0 Å². The van der Waals surface area contributed by atoms with Crippen LogP contribution >= 0.6 is 0 Å². The van der Waals surface area contributed by atoms with Crippen molar-refractivity contribution in [1.29, 1.82) is 0 Å². The molecule has 1 aromatic rings. The molecule has 3 nitrogen and oxygen atoms in total. The summed E-state index contributed by atoms with van der Waals surface area (Å²) in [5.74, 6) is 1.17. The second-order valence-electron chi connectivity index (χ2n) is 6.78. The van der Waals surface area contributed by atoms with E-state index in [9.17, 15) is 4.79 Å². The highest BCUT2D eigenvalue weighted by atomic mass is 16.5. The number of benzene rings is 1. The van der Waals surface area contributed by atoms with E-state index in [1.165, 1.54) is 12.8 Å². The van der Waals surface area contributed by atoms with Crippen molar-refractivity contribution in [2.45, 2.75) is 43.9 Å². The zero-order chi connectivity index (χ0) is 15.2. The SMILES string of the molecule is COc1ccccc1C1(C(=O)N2CCC(=C3CC3)CC2)CC1. The molecule has 1 heterocycles. The third-order valence-corrected chi connectivity index (χ3v) is 5.44. The molecule has 1 aromatic carbocycles. The van der Waals surface area contributed by atoms with Gasteiger partial charge < -0.3 is 9.64 Å². The van der Waals surface area contributed by atoms with Crippen molar-refractivity contribution in [3.63, 3.8) is 0 Å². The molecule has 0 bridgehead atoms. The summed E-state index contributed by atoms with van der Waals surface area (Å²) in [6, 6.07) is 8.01. The number of ether oxygens (including phenoxy) is 1. The largest absolute Gasteiger partial charge is 0.496 e. The number of carbonyl (C=O) groups is 1. The molecule has 0 aromatic heterocycles. The van der Waals surface area contributed by atoms with Gasteiger partial charge in [0.05, 0.1) is 12.5 Å². The lowest BCUT2D eigenvalue weighted by Crippen LogP contribution is -2.42. The highest BCUT2D eigenvalue weighted by molar-refractivity contribution is 5.92. The van der Waals surface area contributed by atoms with Gasteiger partial charge in [-0.1, -0.05) is 29.3 Å². The van der Waals surface area contributed by atoms with E-state index in [4.69, 9.17) is 4.74 Å². The highest BCUT2D eigenvalue weighted by Gasteiger charge is 2.54. The summed E-state index contributed by atoms with van der Waals surface area (Å²) in [6.07, 6.45) is 6.68. The van der Waals surface area contributed by atoms with Gasteiger partial charge in [0.25, 0.3) is 0 Å². The Hall–Kier alpha value is -1.77. The van der Waals surface area contributed by atoms with Crippen LogP contribution in [0.3, 0.4) is 0 Å². The summed E-state index contributed by atoms with van der Waals surface area (Å²) in [5.41, 5.74) is 4.06. The van der Waals surface area contributed by atoms with Gasteiger partial charge in [0.15, 0.2) is 0 Å². The van der Waals surface area contributed by atoms with E-state index in [1.807, 2.05) is 18.2 Å². The van der Waals surface area contributed by atoms with Gasteiger partial charge in [0.1, 0.15) is 5.75 Å². The number of hydrogen-bond donors (Lipinski definition) is 0. The molecule has 0 N–H and O–H groups in total. The number of hydrogen-bond acceptors (Lipinski definition) is 2. The molecule has 1 saturated heterocycles. The van der Waals surface area contributed by atoms with Crippen molar-refractivity contribution in [3.8, 4) is 5.75 Å². The topological polar surface area (TPSA) is 29.5 Å². The summed E-state index contributed by atoms with van der Waals surface area (Å²) >= 11 is 0. The van der Waals surface area contributed by atoms with E-state index in [1.54, 1.807) is 18.3 Å². The maximum Gasteiger partial charge on any atom is 0.233 e. The van der Waals surface area contributed by atoms with Gasteiger partial charge in [0.2, 0.25) is 5.91 Å². The molecule has 0 atom stereocenters. The number of likely N-dealkylation sites (tertiary alicyclic amines) is 1. The van der Waals surface area contributed by atoms with Crippen LogP contribution in [-0.4, -0.2) is 31.0 Å². The predicted octanol–water partition coefficient (Wildman–Crippen LogP) is 3.44. The molecule has 1 amide bonds. The first-order chi connectivity index (χ1) is 10.7. The number of amides is 1. The Bertz CT molecular complexity index is 627.